The van der Waals surface area contributed by atoms with E-state index in [0.29, 0.717) is 16.2 Å². The van der Waals surface area contributed by atoms with Gasteiger partial charge in [0.15, 0.2) is 0 Å². The highest BCUT2D eigenvalue weighted by atomic mass is 35.5. The van der Waals surface area contributed by atoms with Crippen molar-refractivity contribution < 1.29 is 14.3 Å². The van der Waals surface area contributed by atoms with Crippen LogP contribution in [0.25, 0.3) is 10.9 Å². The van der Waals surface area contributed by atoms with Crippen LogP contribution in [-0.2, 0) is 9.53 Å². The molecule has 0 aliphatic heterocycles. The molecule has 1 saturated carbocycles. The standard InChI is InChI=1S/C17H17ClN2O3/c1-10(17(22)23-2)20(13-6-7-13)16(21)14-8-4-11-3-5-12(18)9-15(11)19-14/h3-5,8-10,13H,6-7H2,1-2H3/t10-/m0/s1. The predicted octanol–water partition coefficient (Wildman–Crippen LogP) is 3.05. The van der Waals surface area contributed by atoms with Crippen LogP contribution in [0.3, 0.4) is 0 Å². The van der Waals surface area contributed by atoms with Gasteiger partial charge in [-0.1, -0.05) is 23.7 Å². The van der Waals surface area contributed by atoms with Gasteiger partial charge in [-0.15, -0.1) is 0 Å². The van der Waals surface area contributed by atoms with Gasteiger partial charge in [0.1, 0.15) is 11.7 Å². The molecule has 1 atom stereocenters. The molecule has 0 bridgehead atoms. The Morgan fingerprint density at radius 3 is 2.65 bits per heavy atom. The fourth-order valence-electron chi connectivity index (χ4n) is 2.64. The van der Waals surface area contributed by atoms with Crippen molar-refractivity contribution in [3.63, 3.8) is 0 Å². The first kappa shape index (κ1) is 15.7. The third-order valence-electron chi connectivity index (χ3n) is 4.01. The molecule has 1 aromatic carbocycles. The number of halogens is 1. The van der Waals surface area contributed by atoms with E-state index in [1.54, 1.807) is 30.0 Å². The molecule has 6 heteroatoms. The molecule has 1 aliphatic carbocycles. The highest BCUT2D eigenvalue weighted by molar-refractivity contribution is 6.31. The lowest BCUT2D eigenvalue weighted by molar-refractivity contribution is -0.145. The van der Waals surface area contributed by atoms with E-state index in [4.69, 9.17) is 16.3 Å². The van der Waals surface area contributed by atoms with Crippen molar-refractivity contribution in [3.8, 4) is 0 Å². The Balaban J connectivity index is 1.95. The van der Waals surface area contributed by atoms with Crippen LogP contribution in [0.1, 0.15) is 30.3 Å². The van der Waals surface area contributed by atoms with E-state index in [9.17, 15) is 9.59 Å². The van der Waals surface area contributed by atoms with Crippen molar-refractivity contribution in [3.05, 3.63) is 41.0 Å². The van der Waals surface area contributed by atoms with E-state index < -0.39 is 12.0 Å². The minimum Gasteiger partial charge on any atom is -0.467 e. The summed E-state index contributed by atoms with van der Waals surface area (Å²) < 4.78 is 4.77. The zero-order chi connectivity index (χ0) is 16.6. The highest BCUT2D eigenvalue weighted by Crippen LogP contribution is 2.30. The van der Waals surface area contributed by atoms with Crippen LogP contribution < -0.4 is 0 Å². The number of rotatable bonds is 4. The normalized spacial score (nSPS) is 15.3. The quantitative estimate of drug-likeness (QED) is 0.807. The minimum atomic E-state index is -0.628. The van der Waals surface area contributed by atoms with Gasteiger partial charge in [-0.3, -0.25) is 4.79 Å². The van der Waals surface area contributed by atoms with Gasteiger partial charge in [0.05, 0.1) is 12.6 Å². The highest BCUT2D eigenvalue weighted by Gasteiger charge is 2.39. The number of pyridine rings is 1. The second kappa shape index (κ2) is 6.16. The summed E-state index contributed by atoms with van der Waals surface area (Å²) in [7, 11) is 1.32. The Labute approximate surface area is 139 Å². The lowest BCUT2D eigenvalue weighted by atomic mass is 10.1. The number of carbonyl (C=O) groups is 2. The third kappa shape index (κ3) is 3.15. The van der Waals surface area contributed by atoms with Gasteiger partial charge in [0.2, 0.25) is 0 Å². The van der Waals surface area contributed by atoms with Crippen molar-refractivity contribution in [2.75, 3.05) is 7.11 Å². The Bertz CT molecular complexity index is 774. The molecule has 23 heavy (non-hydrogen) atoms. The number of esters is 1. The molecule has 2 aromatic rings. The topological polar surface area (TPSA) is 59.5 Å². The molecule has 5 nitrogen and oxygen atoms in total. The van der Waals surface area contributed by atoms with E-state index >= 15 is 0 Å². The summed E-state index contributed by atoms with van der Waals surface area (Å²) in [6.45, 7) is 1.68. The van der Waals surface area contributed by atoms with Crippen LogP contribution in [0.4, 0.5) is 0 Å². The smallest absolute Gasteiger partial charge is 0.328 e. The molecule has 0 unspecified atom stereocenters. The Kier molecular flexibility index (Phi) is 4.22. The van der Waals surface area contributed by atoms with Crippen LogP contribution >= 0.6 is 11.6 Å². The molecule has 1 aromatic heterocycles. The predicted molar refractivity (Wildman–Crippen MR) is 87.4 cm³/mol. The number of amides is 1. The number of nitrogens with zero attached hydrogens (tertiary/aromatic N) is 2. The summed E-state index contributed by atoms with van der Waals surface area (Å²) in [5, 5.41) is 1.47. The monoisotopic (exact) mass is 332 g/mol. The summed E-state index contributed by atoms with van der Waals surface area (Å²) >= 11 is 5.99. The van der Waals surface area contributed by atoms with Crippen LogP contribution in [0.2, 0.25) is 5.02 Å². The molecule has 1 amide bonds. The largest absolute Gasteiger partial charge is 0.467 e. The first-order chi connectivity index (χ1) is 11.0. The van der Waals surface area contributed by atoms with E-state index in [1.807, 2.05) is 12.1 Å². The maximum atomic E-state index is 12.8. The number of benzene rings is 1. The van der Waals surface area contributed by atoms with Gasteiger partial charge in [-0.2, -0.15) is 0 Å². The Hall–Kier alpha value is -2.14. The SMILES string of the molecule is COC(=O)[C@H](C)N(C(=O)c1ccc2ccc(Cl)cc2n1)C1CC1. The van der Waals surface area contributed by atoms with Crippen molar-refractivity contribution >= 4 is 34.4 Å². The minimum absolute atomic E-state index is 0.0773. The van der Waals surface area contributed by atoms with Gasteiger partial charge in [-0.05, 0) is 38.0 Å². The van der Waals surface area contributed by atoms with Crippen molar-refractivity contribution in [2.24, 2.45) is 0 Å². The summed E-state index contributed by atoms with van der Waals surface area (Å²) in [6.07, 6.45) is 1.79. The van der Waals surface area contributed by atoms with Crippen LogP contribution in [0.5, 0.6) is 0 Å². The number of fused-ring (bicyclic) bond motifs is 1. The zero-order valence-electron chi connectivity index (χ0n) is 13.0. The summed E-state index contributed by atoms with van der Waals surface area (Å²) in [4.78, 5) is 30.6. The lowest BCUT2D eigenvalue weighted by Gasteiger charge is -2.27. The van der Waals surface area contributed by atoms with Crippen LogP contribution in [0, 0.1) is 0 Å². The van der Waals surface area contributed by atoms with Crippen molar-refractivity contribution in [1.82, 2.24) is 9.88 Å². The Morgan fingerprint density at radius 2 is 2.00 bits per heavy atom. The van der Waals surface area contributed by atoms with E-state index in [-0.39, 0.29) is 11.9 Å². The molecule has 0 N–H and O–H groups in total. The number of aromatic nitrogens is 1. The summed E-state index contributed by atoms with van der Waals surface area (Å²) in [6, 6.07) is 8.32. The first-order valence-corrected chi connectivity index (χ1v) is 7.86. The first-order valence-electron chi connectivity index (χ1n) is 7.48. The number of methoxy groups -OCH3 is 1. The fourth-order valence-corrected chi connectivity index (χ4v) is 2.80. The molecule has 1 fully saturated rings. The molecule has 0 saturated heterocycles. The van der Waals surface area contributed by atoms with E-state index in [1.165, 1.54) is 7.11 Å². The van der Waals surface area contributed by atoms with Crippen molar-refractivity contribution in [1.29, 1.82) is 0 Å². The van der Waals surface area contributed by atoms with E-state index in [2.05, 4.69) is 4.98 Å². The molecule has 0 radical (unpaired) electrons. The second-order valence-electron chi connectivity index (χ2n) is 5.68. The average molecular weight is 333 g/mol. The molecule has 0 spiro atoms. The summed E-state index contributed by atoms with van der Waals surface area (Å²) in [5.74, 6) is -0.679. The average Bonchev–Trinajstić information content (AvgIpc) is 3.38. The van der Waals surface area contributed by atoms with Crippen LogP contribution in [-0.4, -0.2) is 41.0 Å². The van der Waals surface area contributed by atoms with Gasteiger partial charge in [0.25, 0.3) is 5.91 Å². The third-order valence-corrected chi connectivity index (χ3v) is 4.24. The van der Waals surface area contributed by atoms with Crippen LogP contribution in [0.15, 0.2) is 30.3 Å². The van der Waals surface area contributed by atoms with Gasteiger partial charge in [0, 0.05) is 16.5 Å². The molecular weight excluding hydrogens is 316 g/mol. The second-order valence-corrected chi connectivity index (χ2v) is 6.11. The number of hydrogen-bond acceptors (Lipinski definition) is 4. The molecular formula is C17H17ClN2O3. The zero-order valence-corrected chi connectivity index (χ0v) is 13.7. The number of carbonyl (C=O) groups excluding carboxylic acids is 2. The van der Waals surface area contributed by atoms with Gasteiger partial charge in [-0.25, -0.2) is 9.78 Å². The Morgan fingerprint density at radius 1 is 1.30 bits per heavy atom. The maximum absolute atomic E-state index is 12.8. The fraction of sp³-hybridized carbons (Fsp3) is 0.353. The van der Waals surface area contributed by atoms with Gasteiger partial charge >= 0.3 is 5.97 Å². The van der Waals surface area contributed by atoms with Gasteiger partial charge < -0.3 is 9.64 Å². The lowest BCUT2D eigenvalue weighted by Crippen LogP contribution is -2.45. The number of hydrogen-bond donors (Lipinski definition) is 0. The molecule has 120 valence electrons. The summed E-state index contributed by atoms with van der Waals surface area (Å²) in [5.41, 5.74) is 0.965. The molecule has 1 heterocycles. The van der Waals surface area contributed by atoms with Crippen molar-refractivity contribution in [2.45, 2.75) is 31.8 Å². The molecule has 3 rings (SSSR count). The van der Waals surface area contributed by atoms with E-state index in [0.717, 1.165) is 18.2 Å². The number of ether oxygens (including phenoxy) is 1. The maximum Gasteiger partial charge on any atom is 0.328 e. The molecule has 1 aliphatic rings.